The summed E-state index contributed by atoms with van der Waals surface area (Å²) in [7, 11) is 0. The Labute approximate surface area is 180 Å². The van der Waals surface area contributed by atoms with Crippen LogP contribution in [0.3, 0.4) is 0 Å². The smallest absolute Gasteiger partial charge is 0.269 e. The summed E-state index contributed by atoms with van der Waals surface area (Å²) in [5.41, 5.74) is 4.79. The molecule has 0 unspecified atom stereocenters. The first-order chi connectivity index (χ1) is 14.5. The van der Waals surface area contributed by atoms with E-state index >= 15 is 0 Å². The third-order valence-electron chi connectivity index (χ3n) is 4.99. The maximum atomic E-state index is 11.3. The van der Waals surface area contributed by atoms with E-state index in [1.165, 1.54) is 11.6 Å². The molecule has 0 aromatic heterocycles. The average Bonchev–Trinajstić information content (AvgIpc) is 3.21. The van der Waals surface area contributed by atoms with Gasteiger partial charge in [-0.25, -0.2) is 5.01 Å². The Kier molecular flexibility index (Phi) is 5.54. The van der Waals surface area contributed by atoms with Gasteiger partial charge in [0.2, 0.25) is 0 Å². The van der Waals surface area contributed by atoms with Crippen LogP contribution in [0.2, 0.25) is 0 Å². The molecule has 1 heterocycles. The summed E-state index contributed by atoms with van der Waals surface area (Å²) in [6.45, 7) is 2.04. The summed E-state index contributed by atoms with van der Waals surface area (Å²) in [5, 5.41) is 21.5. The Balaban J connectivity index is 1.68. The molecule has 30 heavy (non-hydrogen) atoms. The van der Waals surface area contributed by atoms with E-state index in [1.807, 2.05) is 67.6 Å². The summed E-state index contributed by atoms with van der Waals surface area (Å²) >= 11 is 5.65. The summed E-state index contributed by atoms with van der Waals surface area (Å²) in [4.78, 5) is 10.9. The molecule has 0 saturated carbocycles. The molecule has 0 saturated heterocycles. The maximum absolute atomic E-state index is 11.3. The Hall–Kier alpha value is -3.58. The van der Waals surface area contributed by atoms with Crippen LogP contribution in [0.5, 0.6) is 0 Å². The fourth-order valence-corrected chi connectivity index (χ4v) is 3.71. The van der Waals surface area contributed by atoms with Gasteiger partial charge in [-0.15, -0.1) is 0 Å². The highest BCUT2D eigenvalue weighted by atomic mass is 32.1. The summed E-state index contributed by atoms with van der Waals surface area (Å²) < 4.78 is 0. The average molecular weight is 417 g/mol. The number of para-hydroxylation sites is 1. The first-order valence-electron chi connectivity index (χ1n) is 9.55. The zero-order chi connectivity index (χ0) is 21.1. The van der Waals surface area contributed by atoms with Gasteiger partial charge in [0, 0.05) is 24.2 Å². The van der Waals surface area contributed by atoms with Crippen molar-refractivity contribution in [1.29, 1.82) is 0 Å². The molecule has 0 aliphatic carbocycles. The van der Waals surface area contributed by atoms with Gasteiger partial charge in [-0.3, -0.25) is 10.1 Å². The van der Waals surface area contributed by atoms with Crippen LogP contribution in [0.4, 0.5) is 11.4 Å². The van der Waals surface area contributed by atoms with Gasteiger partial charge in [0.25, 0.3) is 5.69 Å². The van der Waals surface area contributed by atoms with Crippen LogP contribution in [-0.2, 0) is 0 Å². The number of nitro benzene ring substituents is 1. The normalized spacial score (nSPS) is 15.6. The number of nitrogens with one attached hydrogen (secondary N) is 1. The zero-order valence-corrected chi connectivity index (χ0v) is 17.2. The first-order valence-corrected chi connectivity index (χ1v) is 9.96. The fourth-order valence-electron chi connectivity index (χ4n) is 3.43. The predicted octanol–water partition coefficient (Wildman–Crippen LogP) is 5.45. The molecule has 1 aliphatic rings. The van der Waals surface area contributed by atoms with Crippen LogP contribution in [-0.4, -0.2) is 20.8 Å². The zero-order valence-electron chi connectivity index (χ0n) is 16.4. The highest BCUT2D eigenvalue weighted by Crippen LogP contribution is 2.34. The molecule has 1 N–H and O–H groups in total. The van der Waals surface area contributed by atoms with Crippen molar-refractivity contribution in [2.24, 2.45) is 5.10 Å². The third-order valence-corrected chi connectivity index (χ3v) is 5.28. The molecule has 0 amide bonds. The lowest BCUT2D eigenvalue weighted by Crippen LogP contribution is -2.31. The van der Waals surface area contributed by atoms with Gasteiger partial charge < -0.3 is 5.32 Å². The van der Waals surface area contributed by atoms with Gasteiger partial charge in [-0.2, -0.15) is 5.10 Å². The standard InChI is InChI=1S/C23H20N4O2S/c1-16-10-12-17(13-11-16)21-15-22(18-6-5-9-20(14-18)27(28)29)26(25-21)23(30)24-19-7-3-2-4-8-19/h2-14,22H,15H2,1H3,(H,24,30)/t22-/m0/s1. The second-order valence-electron chi connectivity index (χ2n) is 7.13. The Morgan fingerprint density at radius 2 is 1.83 bits per heavy atom. The predicted molar refractivity (Wildman–Crippen MR) is 123 cm³/mol. The van der Waals surface area contributed by atoms with Gasteiger partial charge in [0.15, 0.2) is 5.11 Å². The van der Waals surface area contributed by atoms with E-state index in [0.29, 0.717) is 11.5 Å². The fraction of sp³-hybridized carbons (Fsp3) is 0.130. The van der Waals surface area contributed by atoms with Crippen molar-refractivity contribution in [2.75, 3.05) is 5.32 Å². The van der Waals surface area contributed by atoms with Crippen molar-refractivity contribution < 1.29 is 4.92 Å². The molecule has 3 aromatic carbocycles. The molecule has 7 heteroatoms. The molecular formula is C23H20N4O2S. The topological polar surface area (TPSA) is 70.8 Å². The lowest BCUT2D eigenvalue weighted by atomic mass is 9.98. The van der Waals surface area contributed by atoms with E-state index in [9.17, 15) is 10.1 Å². The van der Waals surface area contributed by atoms with E-state index < -0.39 is 0 Å². The lowest BCUT2D eigenvalue weighted by molar-refractivity contribution is -0.384. The van der Waals surface area contributed by atoms with Crippen molar-refractivity contribution in [2.45, 2.75) is 19.4 Å². The largest absolute Gasteiger partial charge is 0.331 e. The van der Waals surface area contributed by atoms with E-state index in [0.717, 1.165) is 22.5 Å². The van der Waals surface area contributed by atoms with Crippen LogP contribution >= 0.6 is 12.2 Å². The second kappa shape index (κ2) is 8.42. The number of hydrazone groups is 1. The van der Waals surface area contributed by atoms with E-state index in [4.69, 9.17) is 17.3 Å². The molecule has 150 valence electrons. The van der Waals surface area contributed by atoms with Gasteiger partial charge in [-0.1, -0.05) is 60.2 Å². The van der Waals surface area contributed by atoms with E-state index in [2.05, 4.69) is 5.32 Å². The van der Waals surface area contributed by atoms with Crippen molar-refractivity contribution in [3.05, 3.63) is 106 Å². The summed E-state index contributed by atoms with van der Waals surface area (Å²) in [5.74, 6) is 0. The Morgan fingerprint density at radius 1 is 1.10 bits per heavy atom. The summed E-state index contributed by atoms with van der Waals surface area (Å²) in [6, 6.07) is 24.2. The van der Waals surface area contributed by atoms with Crippen LogP contribution in [0.15, 0.2) is 84.0 Å². The highest BCUT2D eigenvalue weighted by Gasteiger charge is 2.32. The number of aryl methyl sites for hydroxylation is 1. The number of nitro groups is 1. The van der Waals surface area contributed by atoms with Crippen LogP contribution in [0.25, 0.3) is 0 Å². The van der Waals surface area contributed by atoms with Crippen LogP contribution in [0.1, 0.15) is 29.2 Å². The van der Waals surface area contributed by atoms with Gasteiger partial charge >= 0.3 is 0 Å². The SMILES string of the molecule is Cc1ccc(C2=NN(C(=S)Nc3ccccc3)[C@H](c3cccc([N+](=O)[O-])c3)C2)cc1. The minimum Gasteiger partial charge on any atom is -0.331 e. The number of hydrogen-bond donors (Lipinski definition) is 1. The number of non-ortho nitro benzene ring substituents is 1. The highest BCUT2D eigenvalue weighted by molar-refractivity contribution is 7.80. The molecular weight excluding hydrogens is 396 g/mol. The quantitative estimate of drug-likeness (QED) is 0.348. The molecule has 0 bridgehead atoms. The van der Waals surface area contributed by atoms with E-state index in [-0.39, 0.29) is 16.7 Å². The third kappa shape index (κ3) is 4.21. The number of anilines is 1. The number of rotatable bonds is 4. The minimum absolute atomic E-state index is 0.0539. The van der Waals surface area contributed by atoms with Gasteiger partial charge in [0.1, 0.15) is 0 Å². The van der Waals surface area contributed by atoms with Crippen molar-refractivity contribution in [1.82, 2.24) is 5.01 Å². The monoisotopic (exact) mass is 416 g/mol. The van der Waals surface area contributed by atoms with Crippen molar-refractivity contribution in [3.63, 3.8) is 0 Å². The van der Waals surface area contributed by atoms with Gasteiger partial charge in [0.05, 0.1) is 16.7 Å². The Bertz CT molecular complexity index is 1110. The molecule has 6 nitrogen and oxygen atoms in total. The maximum Gasteiger partial charge on any atom is 0.269 e. The van der Waals surface area contributed by atoms with E-state index in [1.54, 1.807) is 17.1 Å². The number of benzene rings is 3. The van der Waals surface area contributed by atoms with Crippen LogP contribution in [0, 0.1) is 17.0 Å². The molecule has 0 fully saturated rings. The molecule has 0 spiro atoms. The van der Waals surface area contributed by atoms with Crippen LogP contribution < -0.4 is 5.32 Å². The molecule has 1 atom stereocenters. The molecule has 1 aliphatic heterocycles. The van der Waals surface area contributed by atoms with Crippen molar-refractivity contribution >= 4 is 34.4 Å². The number of nitrogens with zero attached hydrogens (tertiary/aromatic N) is 3. The second-order valence-corrected chi connectivity index (χ2v) is 7.51. The van der Waals surface area contributed by atoms with Gasteiger partial charge in [-0.05, 0) is 42.4 Å². The van der Waals surface area contributed by atoms with Crippen molar-refractivity contribution in [3.8, 4) is 0 Å². The number of hydrogen-bond acceptors (Lipinski definition) is 4. The minimum atomic E-state index is -0.384. The summed E-state index contributed by atoms with van der Waals surface area (Å²) in [6.07, 6.45) is 0.598. The molecule has 3 aromatic rings. The Morgan fingerprint density at radius 3 is 2.53 bits per heavy atom. The number of thiocarbonyl (C=S) groups is 1. The first kappa shape index (κ1) is 19.7. The molecule has 4 rings (SSSR count). The lowest BCUT2D eigenvalue weighted by Gasteiger charge is -2.24. The molecule has 0 radical (unpaired) electrons.